The number of ether oxygens (including phenoxy) is 2. The Balaban J connectivity index is 1.79. The first-order valence-corrected chi connectivity index (χ1v) is 11.7. The van der Waals surface area contributed by atoms with E-state index in [1.165, 1.54) is 32.4 Å². The number of carbonyl (C=O) groups is 2. The lowest BCUT2D eigenvalue weighted by molar-refractivity contribution is -0.132. The van der Waals surface area contributed by atoms with Gasteiger partial charge in [0, 0.05) is 0 Å². The lowest BCUT2D eigenvalue weighted by atomic mass is 9.95. The van der Waals surface area contributed by atoms with Crippen LogP contribution in [-0.2, 0) is 9.59 Å². The number of aromatic nitrogens is 2. The maximum absolute atomic E-state index is 13.4. The van der Waals surface area contributed by atoms with Crippen molar-refractivity contribution in [2.75, 3.05) is 19.1 Å². The minimum atomic E-state index is -1.16. The number of phenols is 1. The van der Waals surface area contributed by atoms with Crippen molar-refractivity contribution in [2.24, 2.45) is 0 Å². The number of Topliss-reactive ketones (excluding diaryl/α,β-unsaturated/α-hetero) is 1. The summed E-state index contributed by atoms with van der Waals surface area (Å²) < 4.78 is 10.6. The number of nitrogens with one attached hydrogen (secondary N) is 1. The second-order valence-electron chi connectivity index (χ2n) is 8.13. The Kier molecular flexibility index (Phi) is 6.18. The number of fused-ring (bicyclic) bond motifs is 1. The zero-order valence-corrected chi connectivity index (χ0v) is 21.0. The Morgan fingerprint density at radius 2 is 1.76 bits per heavy atom. The number of nitrogens with zero attached hydrogens (tertiary/aromatic N) is 2. The summed E-state index contributed by atoms with van der Waals surface area (Å²) in [6.45, 7) is 0. The number of imidazole rings is 1. The molecule has 0 aliphatic carbocycles. The highest BCUT2D eigenvalue weighted by Crippen LogP contribution is 2.48. The highest BCUT2D eigenvalue weighted by Gasteiger charge is 2.48. The molecule has 1 aliphatic heterocycles. The number of amides is 1. The molecule has 188 valence electrons. The van der Waals surface area contributed by atoms with Gasteiger partial charge in [-0.25, -0.2) is 4.98 Å². The number of rotatable bonds is 5. The Morgan fingerprint density at radius 3 is 2.43 bits per heavy atom. The van der Waals surface area contributed by atoms with Crippen molar-refractivity contribution in [1.29, 1.82) is 0 Å². The van der Waals surface area contributed by atoms with Crippen LogP contribution in [0.15, 0.2) is 60.2 Å². The van der Waals surface area contributed by atoms with Crippen molar-refractivity contribution < 1.29 is 29.3 Å². The van der Waals surface area contributed by atoms with E-state index in [2.05, 4.69) is 9.97 Å². The lowest BCUT2D eigenvalue weighted by Crippen LogP contribution is -2.30. The van der Waals surface area contributed by atoms with Crippen LogP contribution in [0.3, 0.4) is 0 Å². The molecule has 1 saturated heterocycles. The number of ketones is 1. The predicted molar refractivity (Wildman–Crippen MR) is 139 cm³/mol. The normalized spacial score (nSPS) is 17.0. The van der Waals surface area contributed by atoms with E-state index in [4.69, 9.17) is 32.7 Å². The molecule has 1 unspecified atom stereocenters. The van der Waals surface area contributed by atoms with Crippen LogP contribution < -0.4 is 14.4 Å². The summed E-state index contributed by atoms with van der Waals surface area (Å²) in [7, 11) is 2.69. The smallest absolute Gasteiger partial charge is 0.302 e. The van der Waals surface area contributed by atoms with Crippen LogP contribution in [0, 0.1) is 0 Å². The van der Waals surface area contributed by atoms with Crippen LogP contribution in [-0.4, -0.2) is 46.1 Å². The molecule has 0 bridgehead atoms. The molecule has 1 amide bonds. The van der Waals surface area contributed by atoms with Crippen LogP contribution in [0.2, 0.25) is 10.0 Å². The second kappa shape index (κ2) is 9.34. The third kappa shape index (κ3) is 3.92. The van der Waals surface area contributed by atoms with Gasteiger partial charge in [0.15, 0.2) is 11.5 Å². The van der Waals surface area contributed by atoms with E-state index in [0.29, 0.717) is 16.6 Å². The summed E-state index contributed by atoms with van der Waals surface area (Å²) in [6.07, 6.45) is 0. The van der Waals surface area contributed by atoms with Gasteiger partial charge in [-0.3, -0.25) is 14.5 Å². The van der Waals surface area contributed by atoms with Crippen LogP contribution in [0.1, 0.15) is 17.2 Å². The van der Waals surface area contributed by atoms with Crippen molar-refractivity contribution in [2.45, 2.75) is 6.04 Å². The fourth-order valence-corrected chi connectivity index (χ4v) is 5.09. The van der Waals surface area contributed by atoms with E-state index in [0.717, 1.165) is 4.90 Å². The average Bonchev–Trinajstić information content (AvgIpc) is 3.42. The van der Waals surface area contributed by atoms with Crippen molar-refractivity contribution in [1.82, 2.24) is 9.97 Å². The van der Waals surface area contributed by atoms with Gasteiger partial charge >= 0.3 is 5.91 Å². The minimum Gasteiger partial charge on any atom is -0.508 e. The van der Waals surface area contributed by atoms with Crippen LogP contribution in [0.5, 0.6) is 17.2 Å². The molecular formula is C26H19Cl2N3O6. The van der Waals surface area contributed by atoms with Crippen LogP contribution in [0.4, 0.5) is 5.95 Å². The lowest BCUT2D eigenvalue weighted by Gasteiger charge is -2.23. The summed E-state index contributed by atoms with van der Waals surface area (Å²) >= 11 is 12.7. The number of hydrogen-bond acceptors (Lipinski definition) is 7. The Morgan fingerprint density at radius 1 is 1.03 bits per heavy atom. The summed E-state index contributed by atoms with van der Waals surface area (Å²) in [5, 5.41) is 21.7. The molecule has 0 saturated carbocycles. The van der Waals surface area contributed by atoms with Crippen molar-refractivity contribution >= 4 is 57.6 Å². The monoisotopic (exact) mass is 539 g/mol. The SMILES string of the molecule is COc1c(Cl)cc(/C(O)=C2\C(=O)C(=O)N(c3nc4ccccc4[nH]3)C2c2cccc(O)c2)c(OC)c1Cl. The highest BCUT2D eigenvalue weighted by molar-refractivity contribution is 6.51. The van der Waals surface area contributed by atoms with Gasteiger partial charge in [0.1, 0.15) is 16.5 Å². The molecule has 1 aliphatic rings. The number of halogens is 2. The van der Waals surface area contributed by atoms with Gasteiger partial charge in [-0.2, -0.15) is 0 Å². The molecule has 5 rings (SSSR count). The molecule has 37 heavy (non-hydrogen) atoms. The number of aliphatic hydroxyl groups excluding tert-OH is 1. The molecule has 1 atom stereocenters. The van der Waals surface area contributed by atoms with Crippen molar-refractivity contribution in [3.8, 4) is 17.2 Å². The average molecular weight is 540 g/mol. The van der Waals surface area contributed by atoms with E-state index in [-0.39, 0.29) is 44.4 Å². The molecule has 9 nitrogen and oxygen atoms in total. The molecule has 0 spiro atoms. The fourth-order valence-electron chi connectivity index (χ4n) is 4.41. The molecule has 2 heterocycles. The fraction of sp³-hybridized carbons (Fsp3) is 0.115. The molecule has 4 aromatic rings. The van der Waals surface area contributed by atoms with Gasteiger partial charge in [0.2, 0.25) is 5.95 Å². The number of anilines is 1. The first-order chi connectivity index (χ1) is 17.8. The minimum absolute atomic E-state index is 0.00925. The van der Waals surface area contributed by atoms with Crippen LogP contribution >= 0.6 is 23.2 Å². The van der Waals surface area contributed by atoms with Crippen LogP contribution in [0.25, 0.3) is 16.8 Å². The largest absolute Gasteiger partial charge is 0.508 e. The number of hydrogen-bond donors (Lipinski definition) is 3. The zero-order chi connectivity index (χ0) is 26.4. The van der Waals surface area contributed by atoms with E-state index in [1.54, 1.807) is 36.4 Å². The molecule has 3 N–H and O–H groups in total. The molecule has 1 fully saturated rings. The number of carbonyl (C=O) groups excluding carboxylic acids is 2. The van der Waals surface area contributed by atoms with Crippen molar-refractivity contribution in [3.05, 3.63) is 81.3 Å². The van der Waals surface area contributed by atoms with Gasteiger partial charge in [-0.1, -0.05) is 47.5 Å². The number of H-pyrrole nitrogens is 1. The zero-order valence-electron chi connectivity index (χ0n) is 19.5. The summed E-state index contributed by atoms with van der Waals surface area (Å²) in [5.41, 5.74) is 1.28. The maximum atomic E-state index is 13.4. The molecule has 0 radical (unpaired) electrons. The summed E-state index contributed by atoms with van der Waals surface area (Å²) in [6, 6.07) is 13.3. The quantitative estimate of drug-likeness (QED) is 0.180. The van der Waals surface area contributed by atoms with Crippen molar-refractivity contribution in [3.63, 3.8) is 0 Å². The third-order valence-electron chi connectivity index (χ3n) is 6.03. The number of phenolic OH excluding ortho intramolecular Hbond substituents is 1. The molecule has 1 aromatic heterocycles. The third-order valence-corrected chi connectivity index (χ3v) is 6.65. The first-order valence-electron chi connectivity index (χ1n) is 10.9. The highest BCUT2D eigenvalue weighted by atomic mass is 35.5. The summed E-state index contributed by atoms with van der Waals surface area (Å²) in [4.78, 5) is 35.5. The van der Waals surface area contributed by atoms with E-state index < -0.39 is 23.5 Å². The standard InChI is InChI=1S/C26H19Cl2N3O6/c1-36-23-14(11-15(27)24(37-2)19(23)28)21(33)18-20(12-6-5-7-13(32)10-12)31(25(35)22(18)34)26-29-16-8-3-4-9-17(16)30-26/h3-11,20,32-33H,1-2H3,(H,29,30)/b21-18+. The van der Waals surface area contributed by atoms with Gasteiger partial charge in [-0.05, 0) is 35.9 Å². The van der Waals surface area contributed by atoms with Gasteiger partial charge in [0.25, 0.3) is 5.78 Å². The van der Waals surface area contributed by atoms with Gasteiger partial charge in [-0.15, -0.1) is 0 Å². The molecule has 3 aromatic carbocycles. The predicted octanol–water partition coefficient (Wildman–Crippen LogP) is 5.22. The molecule has 11 heteroatoms. The van der Waals surface area contributed by atoms with Gasteiger partial charge < -0.3 is 24.7 Å². The van der Waals surface area contributed by atoms with E-state index >= 15 is 0 Å². The topological polar surface area (TPSA) is 125 Å². The number of aromatic hydroxyl groups is 1. The summed E-state index contributed by atoms with van der Waals surface area (Å²) in [5.74, 6) is -2.38. The van der Waals surface area contributed by atoms with Gasteiger partial charge in [0.05, 0.1) is 47.5 Å². The Bertz CT molecular complexity index is 1580. The van der Waals surface area contributed by atoms with E-state index in [9.17, 15) is 19.8 Å². The Hall–Kier alpha value is -4.21. The maximum Gasteiger partial charge on any atom is 0.302 e. The number of para-hydroxylation sites is 2. The second-order valence-corrected chi connectivity index (χ2v) is 8.91. The number of aromatic amines is 1. The van der Waals surface area contributed by atoms with E-state index in [1.807, 2.05) is 0 Å². The number of benzene rings is 3. The number of methoxy groups -OCH3 is 2. The number of aliphatic hydroxyl groups is 1. The Labute approximate surface area is 220 Å². The molecular weight excluding hydrogens is 521 g/mol. The first kappa shape index (κ1) is 24.5.